The van der Waals surface area contributed by atoms with Crippen molar-refractivity contribution in [2.45, 2.75) is 6.54 Å². The summed E-state index contributed by atoms with van der Waals surface area (Å²) >= 11 is 0. The molecule has 3 heterocycles. The largest absolute Gasteiger partial charge is 0.486 e. The molecule has 6 rings (SSSR count). The van der Waals surface area contributed by atoms with Gasteiger partial charge in [-0.25, -0.2) is 23.7 Å². The van der Waals surface area contributed by atoms with Crippen molar-refractivity contribution in [2.75, 3.05) is 13.2 Å². The van der Waals surface area contributed by atoms with Crippen molar-refractivity contribution >= 4 is 17.1 Å². The topological polar surface area (TPSA) is 114 Å². The van der Waals surface area contributed by atoms with Crippen molar-refractivity contribution in [1.82, 2.24) is 19.1 Å². The number of rotatable bonds is 5. The average Bonchev–Trinajstić information content (AvgIpc) is 3.19. The van der Waals surface area contributed by atoms with E-state index in [2.05, 4.69) is 4.98 Å². The van der Waals surface area contributed by atoms with Crippen LogP contribution < -0.4 is 20.9 Å². The van der Waals surface area contributed by atoms with Crippen LogP contribution in [0.1, 0.15) is 16.1 Å². The van der Waals surface area contributed by atoms with Crippen LogP contribution in [0.3, 0.4) is 0 Å². The molecule has 5 aromatic rings. The van der Waals surface area contributed by atoms with E-state index in [-0.39, 0.29) is 29.2 Å². The van der Waals surface area contributed by atoms with E-state index in [1.807, 2.05) is 30.3 Å². The molecule has 1 amide bonds. The molecule has 1 aliphatic heterocycles. The maximum atomic E-state index is 13.8. The number of imidazole rings is 1. The molecule has 9 nitrogen and oxygen atoms in total. The van der Waals surface area contributed by atoms with Gasteiger partial charge in [0.25, 0.3) is 5.91 Å². The standard InChI is InChI=1S/C27H20FN5O4/c28-18-7-9-19(10-8-18)33-26-23(32(27(33)35)15-16-4-2-1-3-5-16)22(24(29)34)30-25(31-26)17-6-11-20-21(14-17)37-13-12-36-20/h1-11,14H,12-13,15H2,(H2,29,34). The van der Waals surface area contributed by atoms with Crippen LogP contribution in [-0.4, -0.2) is 38.2 Å². The predicted molar refractivity (Wildman–Crippen MR) is 134 cm³/mol. The number of benzene rings is 3. The maximum Gasteiger partial charge on any atom is 0.335 e. The van der Waals surface area contributed by atoms with Gasteiger partial charge in [-0.2, -0.15) is 0 Å². The van der Waals surface area contributed by atoms with Gasteiger partial charge >= 0.3 is 5.69 Å². The molecule has 0 radical (unpaired) electrons. The molecule has 37 heavy (non-hydrogen) atoms. The Morgan fingerprint density at radius 2 is 1.68 bits per heavy atom. The molecule has 1 aliphatic rings. The van der Waals surface area contributed by atoms with Gasteiger partial charge in [-0.05, 0) is 48.0 Å². The van der Waals surface area contributed by atoms with Crippen molar-refractivity contribution in [1.29, 1.82) is 0 Å². The first-order valence-electron chi connectivity index (χ1n) is 11.5. The fourth-order valence-electron chi connectivity index (χ4n) is 4.37. The van der Waals surface area contributed by atoms with Crippen molar-refractivity contribution in [3.63, 3.8) is 0 Å². The fraction of sp³-hybridized carbons (Fsp3) is 0.111. The summed E-state index contributed by atoms with van der Waals surface area (Å²) in [5, 5.41) is 0. The number of amides is 1. The molecule has 0 saturated carbocycles. The van der Waals surface area contributed by atoms with Crippen LogP contribution in [0.2, 0.25) is 0 Å². The molecular weight excluding hydrogens is 477 g/mol. The van der Waals surface area contributed by atoms with Gasteiger partial charge in [0.1, 0.15) is 24.5 Å². The van der Waals surface area contributed by atoms with Gasteiger partial charge in [0.05, 0.1) is 12.2 Å². The Labute approximate surface area is 209 Å². The molecule has 2 N–H and O–H groups in total. The van der Waals surface area contributed by atoms with Gasteiger partial charge in [0, 0.05) is 5.56 Å². The second-order valence-electron chi connectivity index (χ2n) is 8.46. The lowest BCUT2D eigenvalue weighted by molar-refractivity contribution is 0.0997. The van der Waals surface area contributed by atoms with E-state index in [4.69, 9.17) is 20.2 Å². The van der Waals surface area contributed by atoms with Gasteiger partial charge in [-0.1, -0.05) is 30.3 Å². The summed E-state index contributed by atoms with van der Waals surface area (Å²) in [6, 6.07) is 19.9. The monoisotopic (exact) mass is 497 g/mol. The van der Waals surface area contributed by atoms with Crippen LogP contribution >= 0.6 is 0 Å². The first-order chi connectivity index (χ1) is 18.0. The number of fused-ring (bicyclic) bond motifs is 2. The first-order valence-corrected chi connectivity index (χ1v) is 11.5. The number of ether oxygens (including phenoxy) is 2. The minimum absolute atomic E-state index is 0.108. The minimum atomic E-state index is -0.815. The van der Waals surface area contributed by atoms with Gasteiger partial charge in [-0.15, -0.1) is 0 Å². The normalized spacial score (nSPS) is 12.6. The summed E-state index contributed by atoms with van der Waals surface area (Å²) in [6.45, 7) is 0.992. The smallest absolute Gasteiger partial charge is 0.335 e. The van der Waals surface area contributed by atoms with E-state index in [1.165, 1.54) is 33.4 Å². The number of aromatic nitrogens is 4. The van der Waals surface area contributed by atoms with Crippen LogP contribution in [0.15, 0.2) is 77.6 Å². The number of hydrogen-bond acceptors (Lipinski definition) is 6. The Hall–Kier alpha value is -4.99. The van der Waals surface area contributed by atoms with Gasteiger partial charge < -0.3 is 15.2 Å². The SMILES string of the molecule is NC(=O)c1nc(-c2ccc3c(c2)OCCO3)nc2c1n(Cc1ccccc1)c(=O)n2-c1ccc(F)cc1. The van der Waals surface area contributed by atoms with Gasteiger partial charge in [-0.3, -0.25) is 9.36 Å². The average molecular weight is 497 g/mol. The summed E-state index contributed by atoms with van der Waals surface area (Å²) in [7, 11) is 0. The molecule has 0 unspecified atom stereocenters. The highest BCUT2D eigenvalue weighted by molar-refractivity contribution is 6.02. The molecule has 184 valence electrons. The summed E-state index contributed by atoms with van der Waals surface area (Å²) in [5.74, 6) is 0.0126. The first kappa shape index (κ1) is 22.5. The number of nitrogens with two attached hydrogens (primary N) is 1. The van der Waals surface area contributed by atoms with Gasteiger partial charge in [0.2, 0.25) is 0 Å². The fourth-order valence-corrected chi connectivity index (χ4v) is 4.37. The Bertz CT molecular complexity index is 1710. The summed E-state index contributed by atoms with van der Waals surface area (Å²) in [4.78, 5) is 35.6. The quantitative estimate of drug-likeness (QED) is 0.399. The van der Waals surface area contributed by atoms with Crippen LogP contribution in [0, 0.1) is 5.82 Å². The summed E-state index contributed by atoms with van der Waals surface area (Å²) in [5.41, 5.74) is 7.30. The lowest BCUT2D eigenvalue weighted by atomic mass is 10.1. The van der Waals surface area contributed by atoms with Crippen molar-refractivity contribution in [2.24, 2.45) is 5.73 Å². The van der Waals surface area contributed by atoms with Crippen molar-refractivity contribution < 1.29 is 18.7 Å². The summed E-state index contributed by atoms with van der Waals surface area (Å²) < 4.78 is 27.7. The van der Waals surface area contributed by atoms with E-state index < -0.39 is 17.4 Å². The van der Waals surface area contributed by atoms with Crippen LogP contribution in [-0.2, 0) is 6.54 Å². The van der Waals surface area contributed by atoms with Crippen LogP contribution in [0.4, 0.5) is 4.39 Å². The lowest BCUT2D eigenvalue weighted by Gasteiger charge is -2.18. The zero-order chi connectivity index (χ0) is 25.5. The molecule has 0 atom stereocenters. The van der Waals surface area contributed by atoms with E-state index >= 15 is 0 Å². The molecule has 10 heteroatoms. The molecule has 0 spiro atoms. The zero-order valence-corrected chi connectivity index (χ0v) is 19.4. The van der Waals surface area contributed by atoms with E-state index in [0.29, 0.717) is 36.0 Å². The third kappa shape index (κ3) is 3.98. The van der Waals surface area contributed by atoms with Crippen molar-refractivity contribution in [3.8, 4) is 28.6 Å². The second-order valence-corrected chi connectivity index (χ2v) is 8.46. The molecule has 0 aliphatic carbocycles. The maximum absolute atomic E-state index is 13.8. The Morgan fingerprint density at radius 1 is 0.946 bits per heavy atom. The Kier molecular flexibility index (Phi) is 5.41. The molecule has 3 aromatic carbocycles. The number of primary amides is 1. The van der Waals surface area contributed by atoms with Gasteiger partial charge in [0.15, 0.2) is 28.7 Å². The molecule has 0 bridgehead atoms. The minimum Gasteiger partial charge on any atom is -0.486 e. The molecular formula is C27H20FN5O4. The third-order valence-electron chi connectivity index (χ3n) is 6.07. The zero-order valence-electron chi connectivity index (χ0n) is 19.4. The number of carbonyl (C=O) groups is 1. The van der Waals surface area contributed by atoms with Crippen LogP contribution in [0.25, 0.3) is 28.2 Å². The van der Waals surface area contributed by atoms with Crippen molar-refractivity contribution in [3.05, 3.63) is 100 Å². The molecule has 0 saturated heterocycles. The highest BCUT2D eigenvalue weighted by Gasteiger charge is 2.25. The predicted octanol–water partition coefficient (Wildman–Crippen LogP) is 3.31. The molecule has 2 aromatic heterocycles. The molecule has 0 fully saturated rings. The number of hydrogen-bond donors (Lipinski definition) is 1. The Balaban J connectivity index is 1.64. The number of carbonyl (C=O) groups excluding carboxylic acids is 1. The highest BCUT2D eigenvalue weighted by Crippen LogP contribution is 2.34. The Morgan fingerprint density at radius 3 is 2.41 bits per heavy atom. The second kappa shape index (κ2) is 8.90. The van der Waals surface area contributed by atoms with E-state index in [0.717, 1.165) is 5.56 Å². The van der Waals surface area contributed by atoms with E-state index in [1.54, 1.807) is 18.2 Å². The number of nitrogens with zero attached hydrogens (tertiary/aromatic N) is 4. The number of halogens is 1. The third-order valence-corrected chi connectivity index (χ3v) is 6.07. The lowest BCUT2D eigenvalue weighted by Crippen LogP contribution is -2.24. The van der Waals surface area contributed by atoms with E-state index in [9.17, 15) is 14.0 Å². The van der Waals surface area contributed by atoms with Crippen LogP contribution in [0.5, 0.6) is 11.5 Å². The summed E-state index contributed by atoms with van der Waals surface area (Å²) in [6.07, 6.45) is 0. The highest BCUT2D eigenvalue weighted by atomic mass is 19.1.